The van der Waals surface area contributed by atoms with Gasteiger partial charge in [-0.1, -0.05) is 18.2 Å². The number of hydrogen-bond donors (Lipinski definition) is 2. The third kappa shape index (κ3) is 3.42. The molecule has 6 heteroatoms. The average Bonchev–Trinajstić information content (AvgIpc) is 2.58. The average molecular weight is 325 g/mol. The number of Topliss-reactive ketones (excluding diaryl/α,β-unsaturated/α-hetero) is 1. The number of nitrogens with zero attached hydrogens (tertiary/aromatic N) is 1. The van der Waals surface area contributed by atoms with Crippen molar-refractivity contribution in [1.29, 1.82) is 0 Å². The second-order valence-corrected chi connectivity index (χ2v) is 6.17. The molecule has 2 amide bonds. The molecular formula is C18H19N3O3. The maximum absolute atomic E-state index is 12.5. The minimum atomic E-state index is -0.840. The summed E-state index contributed by atoms with van der Waals surface area (Å²) >= 11 is 0. The summed E-state index contributed by atoms with van der Waals surface area (Å²) in [5.74, 6) is -1.15. The first kappa shape index (κ1) is 16.1. The number of carbonyl (C=O) groups is 3. The predicted molar refractivity (Wildman–Crippen MR) is 89.2 cm³/mol. The predicted octanol–water partition coefficient (Wildman–Crippen LogP) is 1.58. The van der Waals surface area contributed by atoms with Gasteiger partial charge in [0.15, 0.2) is 0 Å². The Labute approximate surface area is 139 Å². The fourth-order valence-corrected chi connectivity index (χ4v) is 3.18. The number of amides is 2. The van der Waals surface area contributed by atoms with Crippen LogP contribution >= 0.6 is 0 Å². The summed E-state index contributed by atoms with van der Waals surface area (Å²) < 4.78 is 0. The van der Waals surface area contributed by atoms with Crippen molar-refractivity contribution in [2.45, 2.75) is 31.7 Å². The molecular weight excluding hydrogens is 306 g/mol. The zero-order valence-electron chi connectivity index (χ0n) is 13.2. The lowest BCUT2D eigenvalue weighted by Crippen LogP contribution is -2.50. The van der Waals surface area contributed by atoms with Crippen molar-refractivity contribution >= 4 is 28.5 Å². The highest BCUT2D eigenvalue weighted by Gasteiger charge is 2.32. The SMILES string of the molecule is NC(=O)[C@@H](NC(=O)c1cnc2ccccc2c1)[C@H]1CCCC(=O)C1. The van der Waals surface area contributed by atoms with Crippen LogP contribution in [0.2, 0.25) is 0 Å². The summed E-state index contributed by atoms with van der Waals surface area (Å²) in [6, 6.07) is 8.35. The zero-order chi connectivity index (χ0) is 17.1. The molecule has 0 unspecified atom stereocenters. The van der Waals surface area contributed by atoms with Crippen LogP contribution in [0.3, 0.4) is 0 Å². The molecule has 124 valence electrons. The zero-order valence-corrected chi connectivity index (χ0v) is 13.2. The molecule has 0 bridgehead atoms. The minimum absolute atomic E-state index is 0.110. The number of hydrogen-bond acceptors (Lipinski definition) is 4. The van der Waals surface area contributed by atoms with E-state index in [2.05, 4.69) is 10.3 Å². The van der Waals surface area contributed by atoms with Crippen LogP contribution in [0.15, 0.2) is 36.5 Å². The molecule has 1 aliphatic rings. The molecule has 6 nitrogen and oxygen atoms in total. The highest BCUT2D eigenvalue weighted by molar-refractivity contribution is 5.99. The van der Waals surface area contributed by atoms with E-state index in [1.54, 1.807) is 6.07 Å². The lowest BCUT2D eigenvalue weighted by Gasteiger charge is -2.28. The van der Waals surface area contributed by atoms with E-state index in [9.17, 15) is 14.4 Å². The second-order valence-electron chi connectivity index (χ2n) is 6.17. The number of nitrogens with two attached hydrogens (primary N) is 1. The van der Waals surface area contributed by atoms with Crippen molar-refractivity contribution in [3.8, 4) is 0 Å². The van der Waals surface area contributed by atoms with Crippen molar-refractivity contribution in [3.63, 3.8) is 0 Å². The topological polar surface area (TPSA) is 102 Å². The van der Waals surface area contributed by atoms with Crippen molar-refractivity contribution in [3.05, 3.63) is 42.1 Å². The molecule has 0 radical (unpaired) electrons. The molecule has 0 spiro atoms. The van der Waals surface area contributed by atoms with E-state index in [0.717, 1.165) is 17.3 Å². The van der Waals surface area contributed by atoms with Gasteiger partial charge in [0.25, 0.3) is 5.91 Å². The van der Waals surface area contributed by atoms with Gasteiger partial charge < -0.3 is 11.1 Å². The van der Waals surface area contributed by atoms with Crippen LogP contribution in [0.4, 0.5) is 0 Å². The van der Waals surface area contributed by atoms with Crippen molar-refractivity contribution < 1.29 is 14.4 Å². The van der Waals surface area contributed by atoms with Crippen LogP contribution in [0.25, 0.3) is 10.9 Å². The van der Waals surface area contributed by atoms with Gasteiger partial charge in [-0.25, -0.2) is 0 Å². The number of fused-ring (bicyclic) bond motifs is 1. The Hall–Kier alpha value is -2.76. The van der Waals surface area contributed by atoms with Gasteiger partial charge in [0.1, 0.15) is 11.8 Å². The van der Waals surface area contributed by atoms with Gasteiger partial charge in [-0.2, -0.15) is 0 Å². The van der Waals surface area contributed by atoms with Gasteiger partial charge in [0.05, 0.1) is 11.1 Å². The standard InChI is InChI=1S/C18H19N3O3/c19-17(23)16(12-5-3-6-14(22)9-12)21-18(24)13-8-11-4-1-2-7-15(11)20-10-13/h1-2,4,7-8,10,12,16H,3,5-6,9H2,(H2,19,23)(H,21,24)/t12-,16-/m0/s1. The highest BCUT2D eigenvalue weighted by atomic mass is 16.2. The Bertz CT molecular complexity index is 803. The van der Waals surface area contributed by atoms with Crippen LogP contribution in [0, 0.1) is 5.92 Å². The van der Waals surface area contributed by atoms with Gasteiger partial charge in [-0.3, -0.25) is 19.4 Å². The summed E-state index contributed by atoms with van der Waals surface area (Å²) in [6.45, 7) is 0. The first-order chi connectivity index (χ1) is 11.5. The molecule has 3 rings (SSSR count). The first-order valence-electron chi connectivity index (χ1n) is 8.01. The van der Waals surface area contributed by atoms with E-state index in [4.69, 9.17) is 5.73 Å². The van der Waals surface area contributed by atoms with Gasteiger partial charge >= 0.3 is 0 Å². The summed E-state index contributed by atoms with van der Waals surface area (Å²) in [4.78, 5) is 40.1. The number of pyridine rings is 1. The molecule has 1 fully saturated rings. The molecule has 2 aromatic rings. The quantitative estimate of drug-likeness (QED) is 0.891. The summed E-state index contributed by atoms with van der Waals surface area (Å²) in [6.07, 6.45) is 3.71. The molecule has 1 aliphatic carbocycles. The number of rotatable bonds is 4. The molecule has 3 N–H and O–H groups in total. The number of carbonyl (C=O) groups excluding carboxylic acids is 3. The smallest absolute Gasteiger partial charge is 0.253 e. The molecule has 2 atom stereocenters. The van der Waals surface area contributed by atoms with E-state index in [0.29, 0.717) is 18.4 Å². The van der Waals surface area contributed by atoms with Gasteiger partial charge in [0, 0.05) is 24.4 Å². The van der Waals surface area contributed by atoms with E-state index in [1.807, 2.05) is 24.3 Å². The van der Waals surface area contributed by atoms with Crippen LogP contribution in [-0.4, -0.2) is 28.6 Å². The molecule has 1 saturated carbocycles. The Morgan fingerprint density at radius 2 is 2.08 bits per heavy atom. The lowest BCUT2D eigenvalue weighted by atomic mass is 9.82. The van der Waals surface area contributed by atoms with Crippen molar-refractivity contribution in [2.24, 2.45) is 11.7 Å². The fraction of sp³-hybridized carbons (Fsp3) is 0.333. The lowest BCUT2D eigenvalue weighted by molar-refractivity contribution is -0.124. The second kappa shape index (κ2) is 6.78. The third-order valence-electron chi connectivity index (χ3n) is 4.44. The number of para-hydroxylation sites is 1. The highest BCUT2D eigenvalue weighted by Crippen LogP contribution is 2.24. The van der Waals surface area contributed by atoms with Gasteiger partial charge in [-0.15, -0.1) is 0 Å². The molecule has 1 aromatic carbocycles. The molecule has 24 heavy (non-hydrogen) atoms. The molecule has 1 heterocycles. The number of ketones is 1. The normalized spacial score (nSPS) is 19.0. The van der Waals surface area contributed by atoms with Crippen molar-refractivity contribution in [1.82, 2.24) is 10.3 Å². The number of nitrogens with one attached hydrogen (secondary N) is 1. The van der Waals surface area contributed by atoms with Gasteiger partial charge in [-0.05, 0) is 30.9 Å². The number of aromatic nitrogens is 1. The molecule has 0 aliphatic heterocycles. The molecule has 1 aromatic heterocycles. The Kier molecular flexibility index (Phi) is 4.55. The van der Waals surface area contributed by atoms with Crippen LogP contribution < -0.4 is 11.1 Å². The van der Waals surface area contributed by atoms with Crippen LogP contribution in [0.5, 0.6) is 0 Å². The largest absolute Gasteiger partial charge is 0.368 e. The maximum Gasteiger partial charge on any atom is 0.253 e. The van der Waals surface area contributed by atoms with E-state index in [1.165, 1.54) is 6.20 Å². The monoisotopic (exact) mass is 325 g/mol. The van der Waals surface area contributed by atoms with E-state index < -0.39 is 17.9 Å². The minimum Gasteiger partial charge on any atom is -0.368 e. The molecule has 0 saturated heterocycles. The van der Waals surface area contributed by atoms with E-state index in [-0.39, 0.29) is 18.1 Å². The van der Waals surface area contributed by atoms with Crippen molar-refractivity contribution in [2.75, 3.05) is 0 Å². The van der Waals surface area contributed by atoms with E-state index >= 15 is 0 Å². The number of benzene rings is 1. The van der Waals surface area contributed by atoms with Gasteiger partial charge in [0.2, 0.25) is 5.91 Å². The summed E-state index contributed by atoms with van der Waals surface area (Å²) in [7, 11) is 0. The Morgan fingerprint density at radius 3 is 2.83 bits per heavy atom. The Balaban J connectivity index is 1.79. The third-order valence-corrected chi connectivity index (χ3v) is 4.44. The van der Waals surface area contributed by atoms with Crippen LogP contribution in [0.1, 0.15) is 36.0 Å². The number of primary amides is 1. The fourth-order valence-electron chi connectivity index (χ4n) is 3.18. The Morgan fingerprint density at radius 1 is 1.29 bits per heavy atom. The maximum atomic E-state index is 12.5. The summed E-state index contributed by atoms with van der Waals surface area (Å²) in [5.41, 5.74) is 6.60. The first-order valence-corrected chi connectivity index (χ1v) is 8.01. The van der Waals surface area contributed by atoms with Crippen LogP contribution in [-0.2, 0) is 9.59 Å². The summed E-state index contributed by atoms with van der Waals surface area (Å²) in [5, 5.41) is 3.52.